The Morgan fingerprint density at radius 1 is 1.34 bits per heavy atom. The van der Waals surface area contributed by atoms with Crippen LogP contribution in [0.1, 0.15) is 45.2 Å². The topological polar surface area (TPSA) is 96.2 Å². The van der Waals surface area contributed by atoms with Crippen molar-refractivity contribution in [3.63, 3.8) is 0 Å². The van der Waals surface area contributed by atoms with Gasteiger partial charge >= 0.3 is 0 Å². The Balaban J connectivity index is 1.84. The van der Waals surface area contributed by atoms with Crippen molar-refractivity contribution in [3.05, 3.63) is 35.0 Å². The fourth-order valence-corrected chi connectivity index (χ4v) is 3.65. The maximum absolute atomic E-state index is 11.5. The molecule has 0 bridgehead atoms. The Morgan fingerprint density at radius 2 is 2.17 bits per heavy atom. The molecule has 0 saturated carbocycles. The first-order chi connectivity index (χ1) is 13.9. The van der Waals surface area contributed by atoms with Gasteiger partial charge in [-0.1, -0.05) is 24.9 Å². The van der Waals surface area contributed by atoms with Crippen molar-refractivity contribution in [2.45, 2.75) is 52.0 Å². The molecule has 1 atom stereocenters. The minimum atomic E-state index is 0.00542. The molecule has 0 spiro atoms. The van der Waals surface area contributed by atoms with Gasteiger partial charge in [0.2, 0.25) is 11.9 Å². The Morgan fingerprint density at radius 3 is 2.90 bits per heavy atom. The van der Waals surface area contributed by atoms with E-state index >= 15 is 0 Å². The zero-order valence-electron chi connectivity index (χ0n) is 17.0. The van der Waals surface area contributed by atoms with E-state index in [1.54, 1.807) is 19.1 Å². The van der Waals surface area contributed by atoms with Crippen LogP contribution >= 0.6 is 11.6 Å². The van der Waals surface area contributed by atoms with E-state index in [1.807, 2.05) is 6.07 Å². The van der Waals surface area contributed by atoms with Gasteiger partial charge in [0, 0.05) is 43.5 Å². The molecule has 1 amide bonds. The molecule has 2 heterocycles. The third kappa shape index (κ3) is 5.97. The molecule has 3 rings (SSSR count). The summed E-state index contributed by atoms with van der Waals surface area (Å²) in [4.78, 5) is 23.1. The summed E-state index contributed by atoms with van der Waals surface area (Å²) in [6.45, 7) is 5.39. The molecule has 1 aromatic carbocycles. The van der Waals surface area contributed by atoms with Gasteiger partial charge in [0.25, 0.3) is 0 Å². The van der Waals surface area contributed by atoms with Gasteiger partial charge in [-0.15, -0.1) is 0 Å². The van der Waals surface area contributed by atoms with Crippen LogP contribution in [-0.4, -0.2) is 35.0 Å². The zero-order valence-corrected chi connectivity index (χ0v) is 17.8. The van der Waals surface area contributed by atoms with Crippen molar-refractivity contribution in [1.82, 2.24) is 15.3 Å². The van der Waals surface area contributed by atoms with Crippen molar-refractivity contribution in [2.24, 2.45) is 0 Å². The number of aromatic nitrogens is 2. The van der Waals surface area contributed by atoms with Crippen LogP contribution in [0.4, 0.5) is 23.1 Å². The molecule has 1 fully saturated rings. The molecule has 7 nitrogen and oxygen atoms in total. The highest BCUT2D eigenvalue weighted by Gasteiger charge is 2.22. The number of nitrogens with two attached hydrogens (primary N) is 1. The van der Waals surface area contributed by atoms with Crippen LogP contribution in [0.2, 0.25) is 5.02 Å². The van der Waals surface area contributed by atoms with E-state index in [2.05, 4.69) is 33.5 Å². The molecule has 0 unspecified atom stereocenters. The van der Waals surface area contributed by atoms with E-state index in [4.69, 9.17) is 22.3 Å². The Kier molecular flexibility index (Phi) is 7.14. The van der Waals surface area contributed by atoms with Crippen LogP contribution in [-0.2, 0) is 11.2 Å². The number of unbranched alkanes of at least 4 members (excludes halogenated alkanes) is 1. The molecule has 4 N–H and O–H groups in total. The van der Waals surface area contributed by atoms with Crippen molar-refractivity contribution in [3.8, 4) is 0 Å². The lowest BCUT2D eigenvalue weighted by molar-refractivity contribution is -0.119. The van der Waals surface area contributed by atoms with Gasteiger partial charge in [-0.25, -0.2) is 4.98 Å². The van der Waals surface area contributed by atoms with Crippen LogP contribution in [0.25, 0.3) is 0 Å². The Labute approximate surface area is 177 Å². The second kappa shape index (κ2) is 9.78. The van der Waals surface area contributed by atoms with E-state index < -0.39 is 0 Å². The quantitative estimate of drug-likeness (QED) is 0.592. The van der Waals surface area contributed by atoms with Crippen LogP contribution in [0, 0.1) is 0 Å². The molecule has 1 aliphatic rings. The third-order valence-corrected chi connectivity index (χ3v) is 5.30. The number of nitrogens with one attached hydrogen (secondary N) is 2. The predicted octanol–water partition coefficient (Wildman–Crippen LogP) is 3.90. The SMILES string of the molecule is CCCCc1cc(N2CCC[C@@H](NC(C)=O)C2)nc(Nc2ccc(Cl)c(N)c2)n1. The highest BCUT2D eigenvalue weighted by Crippen LogP contribution is 2.26. The van der Waals surface area contributed by atoms with Crippen molar-refractivity contribution < 1.29 is 4.79 Å². The molecular weight excluding hydrogens is 388 g/mol. The number of aryl methyl sites for hydroxylation is 1. The van der Waals surface area contributed by atoms with Gasteiger partial charge in [0.1, 0.15) is 5.82 Å². The largest absolute Gasteiger partial charge is 0.397 e. The van der Waals surface area contributed by atoms with Gasteiger partial charge in [-0.05, 0) is 43.9 Å². The summed E-state index contributed by atoms with van der Waals surface area (Å²) >= 11 is 6.02. The number of hydrogen-bond acceptors (Lipinski definition) is 6. The standard InChI is InChI=1S/C21H29ClN6O/c1-3-4-6-15-12-20(28-10-5-7-17(13-28)24-14(2)29)27-21(25-15)26-16-8-9-18(22)19(23)11-16/h8-9,11-12,17H,3-7,10,13,23H2,1-2H3,(H,24,29)(H,25,26,27)/t17-/m1/s1. The van der Waals surface area contributed by atoms with E-state index in [9.17, 15) is 4.79 Å². The highest BCUT2D eigenvalue weighted by atomic mass is 35.5. The lowest BCUT2D eigenvalue weighted by Gasteiger charge is -2.34. The fraction of sp³-hybridized carbons (Fsp3) is 0.476. The van der Waals surface area contributed by atoms with Crippen LogP contribution < -0.4 is 21.3 Å². The molecule has 8 heteroatoms. The monoisotopic (exact) mass is 416 g/mol. The lowest BCUT2D eigenvalue weighted by atomic mass is 10.1. The highest BCUT2D eigenvalue weighted by molar-refractivity contribution is 6.33. The van der Waals surface area contributed by atoms with Crippen LogP contribution in [0.5, 0.6) is 0 Å². The molecule has 156 valence electrons. The summed E-state index contributed by atoms with van der Waals surface area (Å²) in [6.07, 6.45) is 5.06. The summed E-state index contributed by atoms with van der Waals surface area (Å²) in [5.41, 5.74) is 8.22. The van der Waals surface area contributed by atoms with E-state index in [0.717, 1.165) is 62.4 Å². The van der Waals surface area contributed by atoms with Crippen molar-refractivity contribution in [2.75, 3.05) is 29.0 Å². The first kappa shape index (κ1) is 21.2. The number of hydrogen-bond donors (Lipinski definition) is 3. The smallest absolute Gasteiger partial charge is 0.229 e. The van der Waals surface area contributed by atoms with Crippen molar-refractivity contribution >= 4 is 40.6 Å². The van der Waals surface area contributed by atoms with Crippen LogP contribution in [0.15, 0.2) is 24.3 Å². The number of nitrogen functional groups attached to an aromatic ring is 1. The molecule has 0 radical (unpaired) electrons. The Hall–Kier alpha value is -2.54. The van der Waals surface area contributed by atoms with E-state index in [-0.39, 0.29) is 11.9 Å². The molecular formula is C21H29ClN6O. The number of carbonyl (C=O) groups is 1. The first-order valence-electron chi connectivity index (χ1n) is 10.2. The van der Waals surface area contributed by atoms with Gasteiger partial charge in [0.15, 0.2) is 0 Å². The fourth-order valence-electron chi connectivity index (χ4n) is 3.53. The third-order valence-electron chi connectivity index (χ3n) is 4.96. The number of halogens is 1. The molecule has 0 aliphatic carbocycles. The number of amides is 1. The molecule has 29 heavy (non-hydrogen) atoms. The minimum absolute atomic E-state index is 0.00542. The molecule has 2 aromatic rings. The van der Waals surface area contributed by atoms with E-state index in [1.165, 1.54) is 0 Å². The summed E-state index contributed by atoms with van der Waals surface area (Å²) < 4.78 is 0. The lowest BCUT2D eigenvalue weighted by Crippen LogP contribution is -2.47. The summed E-state index contributed by atoms with van der Waals surface area (Å²) in [7, 11) is 0. The molecule has 1 aliphatic heterocycles. The minimum Gasteiger partial charge on any atom is -0.397 e. The van der Waals surface area contributed by atoms with Gasteiger partial charge < -0.3 is 21.3 Å². The Bertz CT molecular complexity index is 859. The number of piperidine rings is 1. The number of carbonyl (C=O) groups excluding carboxylic acids is 1. The second-order valence-corrected chi connectivity index (χ2v) is 7.90. The number of rotatable bonds is 7. The number of nitrogens with zero attached hydrogens (tertiary/aromatic N) is 3. The second-order valence-electron chi connectivity index (χ2n) is 7.49. The maximum Gasteiger partial charge on any atom is 0.229 e. The predicted molar refractivity (Wildman–Crippen MR) is 119 cm³/mol. The van der Waals surface area contributed by atoms with Gasteiger partial charge in [-0.3, -0.25) is 4.79 Å². The molecule has 1 saturated heterocycles. The zero-order chi connectivity index (χ0) is 20.8. The van der Waals surface area contributed by atoms with Crippen molar-refractivity contribution in [1.29, 1.82) is 0 Å². The normalized spacial score (nSPS) is 16.5. The number of anilines is 4. The van der Waals surface area contributed by atoms with Gasteiger partial charge in [-0.2, -0.15) is 4.98 Å². The maximum atomic E-state index is 11.5. The van der Waals surface area contributed by atoms with Gasteiger partial charge in [0.05, 0.1) is 10.7 Å². The summed E-state index contributed by atoms with van der Waals surface area (Å²) in [5, 5.41) is 6.80. The average molecular weight is 417 g/mol. The average Bonchev–Trinajstić information content (AvgIpc) is 2.69. The van der Waals surface area contributed by atoms with E-state index in [0.29, 0.717) is 16.7 Å². The number of benzene rings is 1. The van der Waals surface area contributed by atoms with Crippen LogP contribution in [0.3, 0.4) is 0 Å². The summed E-state index contributed by atoms with van der Waals surface area (Å²) in [5.74, 6) is 1.42. The summed E-state index contributed by atoms with van der Waals surface area (Å²) in [6, 6.07) is 7.59. The first-order valence-corrected chi connectivity index (χ1v) is 10.5. The molecule has 1 aromatic heterocycles.